The third-order valence-corrected chi connectivity index (χ3v) is 6.76. The summed E-state index contributed by atoms with van der Waals surface area (Å²) in [5, 5.41) is 14.0. The molecule has 6 atom stereocenters. The highest BCUT2D eigenvalue weighted by Gasteiger charge is 2.56. The lowest BCUT2D eigenvalue weighted by molar-refractivity contribution is -0.154. The molecule has 0 bridgehead atoms. The molecule has 0 spiro atoms. The number of ketones is 1. The molecule has 2 aliphatic carbocycles. The first-order valence-corrected chi connectivity index (χ1v) is 10.0. The molecule has 0 aromatic heterocycles. The smallest absolute Gasteiger partial charge is 0.260 e. The van der Waals surface area contributed by atoms with Crippen LogP contribution in [0.15, 0.2) is 23.3 Å². The fourth-order valence-electron chi connectivity index (χ4n) is 5.28. The topological polar surface area (TPSA) is 66.4 Å². The Morgan fingerprint density at radius 1 is 1.38 bits per heavy atom. The van der Waals surface area contributed by atoms with E-state index < -0.39 is 11.5 Å². The molecule has 1 aliphatic heterocycles. The van der Waals surface area contributed by atoms with E-state index in [1.54, 1.807) is 0 Å². The van der Waals surface area contributed by atoms with Crippen molar-refractivity contribution in [2.24, 2.45) is 29.6 Å². The largest absolute Gasteiger partial charge is 0.373 e. The molecule has 2 N–H and O–H groups in total. The number of carbonyl (C=O) groups is 2. The molecule has 4 heteroatoms. The van der Waals surface area contributed by atoms with Crippen molar-refractivity contribution < 1.29 is 14.7 Å². The van der Waals surface area contributed by atoms with Crippen LogP contribution in [-0.4, -0.2) is 28.4 Å². The van der Waals surface area contributed by atoms with Crippen molar-refractivity contribution in [3.8, 4) is 0 Å². The van der Waals surface area contributed by atoms with Gasteiger partial charge in [-0.1, -0.05) is 44.1 Å². The molecule has 144 valence electrons. The number of fused-ring (bicyclic) bond motifs is 1. The predicted molar refractivity (Wildman–Crippen MR) is 102 cm³/mol. The van der Waals surface area contributed by atoms with Gasteiger partial charge >= 0.3 is 0 Å². The molecular weight excluding hydrogens is 326 g/mol. The summed E-state index contributed by atoms with van der Waals surface area (Å²) in [4.78, 5) is 26.1. The van der Waals surface area contributed by atoms with E-state index in [9.17, 15) is 14.7 Å². The molecule has 3 rings (SSSR count). The lowest BCUT2D eigenvalue weighted by Gasteiger charge is -2.43. The lowest BCUT2D eigenvalue weighted by Crippen LogP contribution is -2.53. The van der Waals surface area contributed by atoms with Gasteiger partial charge in [0.2, 0.25) is 5.60 Å². The standard InChI is InChI=1S/C22H33NO3/c1-12(2)8-17-11-22(26,21(25)23-17)20(24)19-15(5)14(4)10-16-9-13(3)6-7-18(16)19/h6,10,12,15-19,26H,7-9,11H2,1-5H3,(H,23,25). The van der Waals surface area contributed by atoms with E-state index in [2.05, 4.69) is 52.1 Å². The number of nitrogens with one attached hydrogen (secondary N) is 1. The van der Waals surface area contributed by atoms with Crippen molar-refractivity contribution in [3.63, 3.8) is 0 Å². The second-order valence-corrected chi connectivity index (χ2v) is 9.27. The molecule has 0 aromatic rings. The van der Waals surface area contributed by atoms with Gasteiger partial charge < -0.3 is 10.4 Å². The summed E-state index contributed by atoms with van der Waals surface area (Å²) in [6, 6.07) is -0.115. The molecule has 1 fully saturated rings. The molecule has 0 radical (unpaired) electrons. The average molecular weight is 360 g/mol. The van der Waals surface area contributed by atoms with E-state index in [-0.39, 0.29) is 36.0 Å². The van der Waals surface area contributed by atoms with Crippen LogP contribution in [0.5, 0.6) is 0 Å². The first-order chi connectivity index (χ1) is 12.1. The normalized spacial score (nSPS) is 40.0. The second kappa shape index (κ2) is 6.95. The first-order valence-electron chi connectivity index (χ1n) is 10.0. The van der Waals surface area contributed by atoms with Gasteiger partial charge in [-0.2, -0.15) is 0 Å². The van der Waals surface area contributed by atoms with Crippen LogP contribution in [-0.2, 0) is 9.59 Å². The van der Waals surface area contributed by atoms with E-state index in [1.807, 2.05) is 0 Å². The Balaban J connectivity index is 1.88. The Kier molecular flexibility index (Phi) is 5.17. The zero-order valence-corrected chi connectivity index (χ0v) is 16.7. The third kappa shape index (κ3) is 3.28. The van der Waals surface area contributed by atoms with Crippen molar-refractivity contribution in [2.75, 3.05) is 0 Å². The Morgan fingerprint density at radius 2 is 2.08 bits per heavy atom. The van der Waals surface area contributed by atoms with Crippen LogP contribution >= 0.6 is 0 Å². The van der Waals surface area contributed by atoms with Crippen LogP contribution in [0.4, 0.5) is 0 Å². The van der Waals surface area contributed by atoms with Crippen LogP contribution in [0.1, 0.15) is 60.3 Å². The van der Waals surface area contributed by atoms with Gasteiger partial charge in [-0.3, -0.25) is 9.59 Å². The molecule has 6 unspecified atom stereocenters. The van der Waals surface area contributed by atoms with Gasteiger partial charge in [0.15, 0.2) is 5.78 Å². The summed E-state index contributed by atoms with van der Waals surface area (Å²) in [6.45, 7) is 10.5. The monoisotopic (exact) mass is 359 g/mol. The minimum absolute atomic E-state index is 0.0662. The zero-order chi connectivity index (χ0) is 19.2. The fourth-order valence-corrected chi connectivity index (χ4v) is 5.28. The van der Waals surface area contributed by atoms with E-state index in [4.69, 9.17) is 0 Å². The Hall–Kier alpha value is -1.42. The summed E-state index contributed by atoms with van der Waals surface area (Å²) in [7, 11) is 0. The highest BCUT2D eigenvalue weighted by atomic mass is 16.3. The zero-order valence-electron chi connectivity index (χ0n) is 16.7. The molecule has 0 saturated carbocycles. The number of amides is 1. The average Bonchev–Trinajstić information content (AvgIpc) is 2.82. The van der Waals surface area contributed by atoms with Gasteiger partial charge in [-0.05, 0) is 56.8 Å². The van der Waals surface area contributed by atoms with Crippen molar-refractivity contribution in [2.45, 2.75) is 71.9 Å². The van der Waals surface area contributed by atoms with Crippen molar-refractivity contribution in [1.29, 1.82) is 0 Å². The lowest BCUT2D eigenvalue weighted by atomic mass is 9.60. The van der Waals surface area contributed by atoms with E-state index >= 15 is 0 Å². The Morgan fingerprint density at radius 3 is 2.73 bits per heavy atom. The SMILES string of the molecule is CC1=CCC2C(C=C(C)C(C)C2C(=O)C2(O)CC(CC(C)C)NC2=O)C1. The van der Waals surface area contributed by atoms with Crippen molar-refractivity contribution in [3.05, 3.63) is 23.3 Å². The molecule has 1 amide bonds. The summed E-state index contributed by atoms with van der Waals surface area (Å²) in [5.74, 6) is -0.0434. The Labute approximate surface area is 157 Å². The van der Waals surface area contributed by atoms with Crippen LogP contribution in [0.25, 0.3) is 0 Å². The van der Waals surface area contributed by atoms with E-state index in [0.29, 0.717) is 11.8 Å². The number of carbonyl (C=O) groups excluding carboxylic acids is 2. The summed E-state index contributed by atoms with van der Waals surface area (Å²) in [5.41, 5.74) is 0.710. The van der Waals surface area contributed by atoms with Gasteiger partial charge in [0.05, 0.1) is 0 Å². The minimum Gasteiger partial charge on any atom is -0.373 e. The molecule has 3 aliphatic rings. The predicted octanol–water partition coefficient (Wildman–Crippen LogP) is 3.41. The van der Waals surface area contributed by atoms with Crippen LogP contribution < -0.4 is 5.32 Å². The van der Waals surface area contributed by atoms with Gasteiger partial charge in [-0.15, -0.1) is 0 Å². The van der Waals surface area contributed by atoms with Gasteiger partial charge in [-0.25, -0.2) is 0 Å². The van der Waals surface area contributed by atoms with Crippen LogP contribution in [0.2, 0.25) is 0 Å². The van der Waals surface area contributed by atoms with Crippen molar-refractivity contribution in [1.82, 2.24) is 5.32 Å². The molecule has 1 heterocycles. The maximum atomic E-state index is 13.5. The number of aliphatic hydroxyl groups is 1. The molecule has 26 heavy (non-hydrogen) atoms. The number of hydrogen-bond acceptors (Lipinski definition) is 3. The van der Waals surface area contributed by atoms with Crippen molar-refractivity contribution >= 4 is 11.7 Å². The number of hydrogen-bond donors (Lipinski definition) is 2. The molecular formula is C22H33NO3. The van der Waals surface area contributed by atoms with E-state index in [0.717, 1.165) is 19.3 Å². The third-order valence-electron chi connectivity index (χ3n) is 6.76. The summed E-state index contributed by atoms with van der Waals surface area (Å²) < 4.78 is 0. The summed E-state index contributed by atoms with van der Waals surface area (Å²) in [6.07, 6.45) is 7.36. The molecule has 1 saturated heterocycles. The highest BCUT2D eigenvalue weighted by Crippen LogP contribution is 2.47. The number of Topliss-reactive ketones (excluding diaryl/α,β-unsaturated/α-hetero) is 1. The van der Waals surface area contributed by atoms with Crippen LogP contribution in [0.3, 0.4) is 0 Å². The number of rotatable bonds is 4. The number of allylic oxidation sites excluding steroid dienone is 4. The molecule has 0 aromatic carbocycles. The fraction of sp³-hybridized carbons (Fsp3) is 0.727. The maximum absolute atomic E-state index is 13.5. The first kappa shape index (κ1) is 19.3. The van der Waals surface area contributed by atoms with E-state index in [1.165, 1.54) is 11.1 Å². The van der Waals surface area contributed by atoms with Crippen LogP contribution in [0, 0.1) is 29.6 Å². The molecule has 4 nitrogen and oxygen atoms in total. The minimum atomic E-state index is -1.86. The van der Waals surface area contributed by atoms with Gasteiger partial charge in [0.1, 0.15) is 0 Å². The van der Waals surface area contributed by atoms with Gasteiger partial charge in [0.25, 0.3) is 5.91 Å². The van der Waals surface area contributed by atoms with Gasteiger partial charge in [0, 0.05) is 18.4 Å². The second-order valence-electron chi connectivity index (χ2n) is 9.27. The Bertz CT molecular complexity index is 662. The quantitative estimate of drug-likeness (QED) is 0.597. The summed E-state index contributed by atoms with van der Waals surface area (Å²) >= 11 is 0. The highest BCUT2D eigenvalue weighted by molar-refractivity contribution is 6.11. The maximum Gasteiger partial charge on any atom is 0.260 e.